The Morgan fingerprint density at radius 1 is 1.58 bits per heavy atom. The van der Waals surface area contributed by atoms with Crippen LogP contribution in [0.2, 0.25) is 0 Å². The number of aryl methyl sites for hydroxylation is 2. The molecule has 19 heavy (non-hydrogen) atoms. The summed E-state index contributed by atoms with van der Waals surface area (Å²) < 4.78 is 1.80. The average molecular weight is 264 g/mol. The first-order chi connectivity index (χ1) is 9.08. The Hall–Kier alpha value is -1.36. The van der Waals surface area contributed by atoms with Crippen LogP contribution in [0, 0.1) is 5.41 Å². The standard InChI is InChI=1S/C14H24N4O/c1-3-12-11(9-18(2)17-12)8-16-13(19)7-14(10-15)5-4-6-14/h9H,3-8,10,15H2,1-2H3,(H,16,19). The summed E-state index contributed by atoms with van der Waals surface area (Å²) in [5.41, 5.74) is 8.02. The molecule has 0 spiro atoms. The first-order valence-electron chi connectivity index (χ1n) is 7.07. The van der Waals surface area contributed by atoms with E-state index < -0.39 is 0 Å². The molecule has 0 aromatic carbocycles. The molecule has 1 aliphatic carbocycles. The minimum atomic E-state index is 0.0760. The second-order valence-electron chi connectivity index (χ2n) is 5.64. The first-order valence-corrected chi connectivity index (χ1v) is 7.07. The van der Waals surface area contributed by atoms with Gasteiger partial charge in [-0.25, -0.2) is 0 Å². The molecule has 1 saturated carbocycles. The molecule has 1 amide bonds. The summed E-state index contributed by atoms with van der Waals surface area (Å²) in [5, 5.41) is 7.37. The Labute approximate surface area is 114 Å². The fourth-order valence-electron chi connectivity index (χ4n) is 2.76. The summed E-state index contributed by atoms with van der Waals surface area (Å²) in [5.74, 6) is 0.107. The van der Waals surface area contributed by atoms with Crippen LogP contribution in [0.3, 0.4) is 0 Å². The van der Waals surface area contributed by atoms with Crippen molar-refractivity contribution < 1.29 is 4.79 Å². The SMILES string of the molecule is CCc1nn(C)cc1CNC(=O)CC1(CN)CCC1. The van der Waals surface area contributed by atoms with Crippen molar-refractivity contribution in [3.63, 3.8) is 0 Å². The van der Waals surface area contributed by atoms with Gasteiger partial charge in [-0.1, -0.05) is 13.3 Å². The summed E-state index contributed by atoms with van der Waals surface area (Å²) in [6.07, 6.45) is 6.80. The third-order valence-electron chi connectivity index (χ3n) is 4.19. The van der Waals surface area contributed by atoms with Gasteiger partial charge in [0, 0.05) is 31.8 Å². The molecule has 1 aromatic heterocycles. The lowest BCUT2D eigenvalue weighted by molar-refractivity contribution is -0.124. The second kappa shape index (κ2) is 5.74. The number of carbonyl (C=O) groups excluding carboxylic acids is 1. The number of nitrogens with zero attached hydrogens (tertiary/aromatic N) is 2. The van der Waals surface area contributed by atoms with Gasteiger partial charge in [0.1, 0.15) is 0 Å². The zero-order chi connectivity index (χ0) is 13.9. The van der Waals surface area contributed by atoms with Gasteiger partial charge >= 0.3 is 0 Å². The number of amides is 1. The Kier molecular flexibility index (Phi) is 4.24. The zero-order valence-electron chi connectivity index (χ0n) is 11.9. The number of aromatic nitrogens is 2. The lowest BCUT2D eigenvalue weighted by atomic mass is 9.66. The summed E-state index contributed by atoms with van der Waals surface area (Å²) in [4.78, 5) is 12.0. The number of rotatable bonds is 6. The monoisotopic (exact) mass is 264 g/mol. The molecule has 1 aromatic rings. The number of nitrogens with two attached hydrogens (primary N) is 1. The van der Waals surface area contributed by atoms with Gasteiger partial charge in [0.2, 0.25) is 5.91 Å². The van der Waals surface area contributed by atoms with Gasteiger partial charge in [0.15, 0.2) is 0 Å². The van der Waals surface area contributed by atoms with E-state index in [2.05, 4.69) is 17.3 Å². The van der Waals surface area contributed by atoms with Gasteiger partial charge in [-0.3, -0.25) is 9.48 Å². The Morgan fingerprint density at radius 3 is 2.84 bits per heavy atom. The van der Waals surface area contributed by atoms with Crippen LogP contribution < -0.4 is 11.1 Å². The zero-order valence-corrected chi connectivity index (χ0v) is 11.9. The van der Waals surface area contributed by atoms with Gasteiger partial charge < -0.3 is 11.1 Å². The molecule has 2 rings (SSSR count). The molecule has 0 atom stereocenters. The van der Waals surface area contributed by atoms with E-state index in [1.165, 1.54) is 6.42 Å². The molecule has 0 unspecified atom stereocenters. The maximum absolute atomic E-state index is 12.0. The van der Waals surface area contributed by atoms with Crippen molar-refractivity contribution in [3.05, 3.63) is 17.5 Å². The van der Waals surface area contributed by atoms with Crippen molar-refractivity contribution in [1.29, 1.82) is 0 Å². The predicted octanol–water partition coefficient (Wildman–Crippen LogP) is 1.12. The van der Waals surface area contributed by atoms with E-state index in [0.717, 1.165) is 30.5 Å². The van der Waals surface area contributed by atoms with Gasteiger partial charge in [-0.2, -0.15) is 5.10 Å². The minimum absolute atomic E-state index is 0.0760. The maximum atomic E-state index is 12.0. The quantitative estimate of drug-likeness (QED) is 0.808. The largest absolute Gasteiger partial charge is 0.352 e. The van der Waals surface area contributed by atoms with E-state index in [4.69, 9.17) is 5.73 Å². The van der Waals surface area contributed by atoms with E-state index in [0.29, 0.717) is 19.5 Å². The third-order valence-corrected chi connectivity index (χ3v) is 4.19. The van der Waals surface area contributed by atoms with Crippen LogP contribution in [-0.2, 0) is 24.8 Å². The molecule has 0 saturated heterocycles. The van der Waals surface area contributed by atoms with Crippen molar-refractivity contribution in [2.24, 2.45) is 18.2 Å². The first kappa shape index (κ1) is 14.1. The van der Waals surface area contributed by atoms with E-state index in [1.54, 1.807) is 4.68 Å². The number of hydrogen-bond donors (Lipinski definition) is 2. The fourth-order valence-corrected chi connectivity index (χ4v) is 2.76. The Morgan fingerprint density at radius 2 is 2.32 bits per heavy atom. The highest BCUT2D eigenvalue weighted by molar-refractivity contribution is 5.76. The van der Waals surface area contributed by atoms with Gasteiger partial charge in [-0.15, -0.1) is 0 Å². The van der Waals surface area contributed by atoms with Crippen LogP contribution in [0.25, 0.3) is 0 Å². The van der Waals surface area contributed by atoms with Gasteiger partial charge in [0.25, 0.3) is 0 Å². The van der Waals surface area contributed by atoms with Crippen molar-refractivity contribution in [2.75, 3.05) is 6.54 Å². The Bertz CT molecular complexity index is 443. The molecule has 0 aliphatic heterocycles. The number of hydrogen-bond acceptors (Lipinski definition) is 3. The maximum Gasteiger partial charge on any atom is 0.220 e. The van der Waals surface area contributed by atoms with Crippen molar-refractivity contribution >= 4 is 5.91 Å². The van der Waals surface area contributed by atoms with E-state index in [1.807, 2.05) is 13.2 Å². The summed E-state index contributed by atoms with van der Waals surface area (Å²) in [7, 11) is 1.91. The van der Waals surface area contributed by atoms with Crippen LogP contribution in [0.4, 0.5) is 0 Å². The summed E-state index contributed by atoms with van der Waals surface area (Å²) in [6.45, 7) is 3.26. The highest BCUT2D eigenvalue weighted by Crippen LogP contribution is 2.42. The molecule has 3 N–H and O–H groups in total. The van der Waals surface area contributed by atoms with E-state index in [9.17, 15) is 4.79 Å². The van der Waals surface area contributed by atoms with Crippen LogP contribution in [0.15, 0.2) is 6.20 Å². The normalized spacial score (nSPS) is 17.0. The summed E-state index contributed by atoms with van der Waals surface area (Å²) >= 11 is 0. The molecule has 1 aliphatic rings. The molecular weight excluding hydrogens is 240 g/mol. The molecule has 0 bridgehead atoms. The third kappa shape index (κ3) is 3.15. The highest BCUT2D eigenvalue weighted by Gasteiger charge is 2.37. The van der Waals surface area contributed by atoms with E-state index >= 15 is 0 Å². The summed E-state index contributed by atoms with van der Waals surface area (Å²) in [6, 6.07) is 0. The lowest BCUT2D eigenvalue weighted by Gasteiger charge is -2.40. The van der Waals surface area contributed by atoms with Gasteiger partial charge in [-0.05, 0) is 31.2 Å². The molecule has 0 radical (unpaired) electrons. The molecular formula is C14H24N4O. The number of nitrogens with one attached hydrogen (secondary N) is 1. The fraction of sp³-hybridized carbons (Fsp3) is 0.714. The van der Waals surface area contributed by atoms with Crippen LogP contribution in [0.1, 0.15) is 43.9 Å². The number of carbonyl (C=O) groups is 1. The van der Waals surface area contributed by atoms with Crippen molar-refractivity contribution in [1.82, 2.24) is 15.1 Å². The minimum Gasteiger partial charge on any atom is -0.352 e. The van der Waals surface area contributed by atoms with Crippen LogP contribution in [0.5, 0.6) is 0 Å². The lowest BCUT2D eigenvalue weighted by Crippen LogP contribution is -2.41. The molecule has 1 heterocycles. The molecule has 5 heteroatoms. The predicted molar refractivity (Wildman–Crippen MR) is 74.4 cm³/mol. The molecule has 5 nitrogen and oxygen atoms in total. The van der Waals surface area contributed by atoms with Crippen LogP contribution in [-0.4, -0.2) is 22.2 Å². The van der Waals surface area contributed by atoms with Crippen molar-refractivity contribution in [3.8, 4) is 0 Å². The van der Waals surface area contributed by atoms with Crippen LogP contribution >= 0.6 is 0 Å². The van der Waals surface area contributed by atoms with E-state index in [-0.39, 0.29) is 11.3 Å². The second-order valence-corrected chi connectivity index (χ2v) is 5.64. The smallest absolute Gasteiger partial charge is 0.220 e. The Balaban J connectivity index is 1.86. The average Bonchev–Trinajstić information content (AvgIpc) is 2.72. The van der Waals surface area contributed by atoms with Gasteiger partial charge in [0.05, 0.1) is 5.69 Å². The highest BCUT2D eigenvalue weighted by atomic mass is 16.1. The topological polar surface area (TPSA) is 72.9 Å². The van der Waals surface area contributed by atoms with Crippen molar-refractivity contribution in [2.45, 2.75) is 45.6 Å². The molecule has 1 fully saturated rings. The molecule has 106 valence electrons.